The van der Waals surface area contributed by atoms with Crippen LogP contribution in [0.1, 0.15) is 16.1 Å². The fourth-order valence-electron chi connectivity index (χ4n) is 2.53. The maximum absolute atomic E-state index is 12.5. The number of esters is 1. The fourth-order valence-corrected chi connectivity index (χ4v) is 4.81. The third-order valence-electron chi connectivity index (χ3n) is 4.28. The molecule has 1 aromatic heterocycles. The quantitative estimate of drug-likeness (QED) is 0.353. The van der Waals surface area contributed by atoms with Gasteiger partial charge in [-0.3, -0.25) is 4.84 Å². The monoisotopic (exact) mass is 482 g/mol. The number of ether oxygens (including phenoxy) is 2. The summed E-state index contributed by atoms with van der Waals surface area (Å²) in [6.45, 7) is -0.0613. The Bertz CT molecular complexity index is 1180. The minimum Gasteiger partial charge on any atom is -0.497 e. The minimum absolute atomic E-state index is 0.0379. The molecule has 0 fully saturated rings. The molecule has 0 unspecified atom stereocenters. The van der Waals surface area contributed by atoms with Crippen LogP contribution < -0.4 is 4.74 Å². The maximum Gasteiger partial charge on any atom is 0.338 e. The first-order valence-corrected chi connectivity index (χ1v) is 11.5. The highest BCUT2D eigenvalue weighted by Gasteiger charge is 2.25. The van der Waals surface area contributed by atoms with Crippen molar-refractivity contribution < 1.29 is 27.5 Å². The number of benzene rings is 2. The average molecular weight is 483 g/mol. The number of hydroxylamine groups is 1. The van der Waals surface area contributed by atoms with Crippen LogP contribution in [-0.4, -0.2) is 45.1 Å². The molecule has 3 rings (SSSR count). The summed E-state index contributed by atoms with van der Waals surface area (Å²) in [5.41, 5.74) is 1.53. The number of thiazole rings is 1. The number of hydrogen-bond donors (Lipinski definition) is 0. The highest BCUT2D eigenvalue weighted by molar-refractivity contribution is 7.89. The van der Waals surface area contributed by atoms with Gasteiger partial charge in [-0.15, -0.1) is 11.3 Å². The molecule has 164 valence electrons. The van der Waals surface area contributed by atoms with Crippen molar-refractivity contribution in [1.29, 1.82) is 0 Å². The first-order chi connectivity index (χ1) is 14.8. The number of nitrogens with zero attached hydrogens (tertiary/aromatic N) is 2. The Labute approximate surface area is 189 Å². The normalized spacial score (nSPS) is 11.5. The van der Waals surface area contributed by atoms with Gasteiger partial charge < -0.3 is 9.47 Å². The number of halogens is 1. The van der Waals surface area contributed by atoms with Crippen LogP contribution in [0.4, 0.5) is 0 Å². The van der Waals surface area contributed by atoms with Crippen molar-refractivity contribution in [3.63, 3.8) is 0 Å². The van der Waals surface area contributed by atoms with E-state index in [2.05, 4.69) is 4.98 Å². The lowest BCUT2D eigenvalue weighted by Gasteiger charge is -2.15. The van der Waals surface area contributed by atoms with E-state index in [9.17, 15) is 13.2 Å². The van der Waals surface area contributed by atoms with Gasteiger partial charge in [-0.2, -0.15) is 0 Å². The van der Waals surface area contributed by atoms with Crippen LogP contribution in [-0.2, 0) is 26.2 Å². The Morgan fingerprint density at radius 1 is 1.16 bits per heavy atom. The zero-order valence-corrected chi connectivity index (χ0v) is 19.3. The molecule has 3 aromatic rings. The predicted octanol–water partition coefficient (Wildman–Crippen LogP) is 4.01. The molecule has 0 saturated carbocycles. The van der Waals surface area contributed by atoms with Gasteiger partial charge in [0.05, 0.1) is 30.5 Å². The van der Waals surface area contributed by atoms with Gasteiger partial charge in [0.1, 0.15) is 22.3 Å². The maximum atomic E-state index is 12.5. The molecule has 1 heterocycles. The van der Waals surface area contributed by atoms with E-state index >= 15 is 0 Å². The average Bonchev–Trinajstić information content (AvgIpc) is 3.26. The summed E-state index contributed by atoms with van der Waals surface area (Å²) in [6.07, 6.45) is 0. The molecule has 0 aliphatic rings. The van der Waals surface area contributed by atoms with Gasteiger partial charge in [0, 0.05) is 18.0 Å². The largest absolute Gasteiger partial charge is 0.497 e. The van der Waals surface area contributed by atoms with Crippen LogP contribution in [0.25, 0.3) is 10.6 Å². The molecule has 0 aliphatic carbocycles. The molecular weight excluding hydrogens is 464 g/mol. The van der Waals surface area contributed by atoms with E-state index in [4.69, 9.17) is 25.9 Å². The van der Waals surface area contributed by atoms with Crippen LogP contribution >= 0.6 is 22.9 Å². The minimum atomic E-state index is -4.02. The molecule has 0 N–H and O–H groups in total. The van der Waals surface area contributed by atoms with Gasteiger partial charge in [0.15, 0.2) is 0 Å². The lowest BCUT2D eigenvalue weighted by atomic mass is 10.2. The van der Waals surface area contributed by atoms with Gasteiger partial charge in [-0.1, -0.05) is 16.1 Å². The predicted molar refractivity (Wildman–Crippen MR) is 117 cm³/mol. The van der Waals surface area contributed by atoms with E-state index < -0.39 is 16.0 Å². The first-order valence-electron chi connectivity index (χ1n) is 8.85. The van der Waals surface area contributed by atoms with Crippen LogP contribution in [0.15, 0.2) is 52.7 Å². The fraction of sp³-hybridized carbons (Fsp3) is 0.200. The van der Waals surface area contributed by atoms with E-state index in [0.29, 0.717) is 10.2 Å². The van der Waals surface area contributed by atoms with Crippen molar-refractivity contribution in [3.8, 4) is 16.3 Å². The summed E-state index contributed by atoms with van der Waals surface area (Å²) in [5.74, 6) is 0.0442. The van der Waals surface area contributed by atoms with Crippen LogP contribution in [0.2, 0.25) is 5.02 Å². The lowest BCUT2D eigenvalue weighted by Crippen LogP contribution is -2.26. The molecule has 0 spiro atoms. The summed E-state index contributed by atoms with van der Waals surface area (Å²) >= 11 is 7.43. The highest BCUT2D eigenvalue weighted by atomic mass is 35.5. The smallest absolute Gasteiger partial charge is 0.338 e. The van der Waals surface area contributed by atoms with Crippen molar-refractivity contribution in [2.24, 2.45) is 0 Å². The van der Waals surface area contributed by atoms with Gasteiger partial charge in [-0.05, 0) is 42.5 Å². The number of carbonyl (C=O) groups is 1. The number of aromatic nitrogens is 1. The van der Waals surface area contributed by atoms with Gasteiger partial charge in [0.2, 0.25) is 0 Å². The van der Waals surface area contributed by atoms with Gasteiger partial charge in [0.25, 0.3) is 10.0 Å². The third-order valence-corrected chi connectivity index (χ3v) is 7.38. The van der Waals surface area contributed by atoms with E-state index in [1.807, 2.05) is 24.3 Å². The van der Waals surface area contributed by atoms with Crippen molar-refractivity contribution in [2.45, 2.75) is 11.5 Å². The number of hydrogen-bond acceptors (Lipinski definition) is 8. The van der Waals surface area contributed by atoms with Gasteiger partial charge >= 0.3 is 5.97 Å². The zero-order chi connectivity index (χ0) is 22.6. The highest BCUT2D eigenvalue weighted by Crippen LogP contribution is 2.27. The van der Waals surface area contributed by atoms with E-state index in [1.165, 1.54) is 37.6 Å². The second kappa shape index (κ2) is 9.75. The molecule has 11 heteroatoms. The Morgan fingerprint density at radius 2 is 1.87 bits per heavy atom. The number of carbonyl (C=O) groups excluding carboxylic acids is 1. The molecule has 0 aliphatic heterocycles. The molecule has 0 atom stereocenters. The van der Waals surface area contributed by atoms with E-state index in [0.717, 1.165) is 22.4 Å². The number of rotatable bonds is 8. The molecular formula is C20H19ClN2O6S2. The van der Waals surface area contributed by atoms with Crippen molar-refractivity contribution in [3.05, 3.63) is 64.1 Å². The molecule has 0 saturated heterocycles. The number of methoxy groups -OCH3 is 1. The van der Waals surface area contributed by atoms with Crippen LogP contribution in [0.3, 0.4) is 0 Å². The Morgan fingerprint density at radius 3 is 2.52 bits per heavy atom. The Kier molecular flexibility index (Phi) is 7.29. The zero-order valence-electron chi connectivity index (χ0n) is 16.9. The second-order valence-electron chi connectivity index (χ2n) is 6.19. The molecule has 0 amide bonds. The van der Waals surface area contributed by atoms with E-state index in [-0.39, 0.29) is 22.1 Å². The van der Waals surface area contributed by atoms with Crippen LogP contribution in [0, 0.1) is 0 Å². The van der Waals surface area contributed by atoms with Crippen molar-refractivity contribution in [2.75, 3.05) is 21.3 Å². The van der Waals surface area contributed by atoms with Crippen molar-refractivity contribution in [1.82, 2.24) is 9.45 Å². The first kappa shape index (κ1) is 23.2. The second-order valence-corrected chi connectivity index (χ2v) is 9.36. The summed E-state index contributed by atoms with van der Waals surface area (Å²) in [7, 11) is 0.00102. The standard InChI is InChI=1S/C20H19ClN2O6S2/c1-23(28-3)31(25,26)18-10-14(6-9-17(18)21)20(24)29-11-15-12-30-19(22-15)13-4-7-16(27-2)8-5-13/h4-10,12H,11H2,1-3H3. The lowest BCUT2D eigenvalue weighted by molar-refractivity contribution is -0.0258. The topological polar surface area (TPSA) is 95.0 Å². The SMILES string of the molecule is COc1ccc(-c2nc(COC(=O)c3ccc(Cl)c(S(=O)(=O)N(C)OC)c3)cs2)cc1. The third kappa shape index (κ3) is 5.23. The summed E-state index contributed by atoms with van der Waals surface area (Å²) in [6, 6.07) is 11.3. The van der Waals surface area contributed by atoms with Crippen LogP contribution in [0.5, 0.6) is 5.75 Å². The molecule has 0 radical (unpaired) electrons. The summed E-state index contributed by atoms with van der Waals surface area (Å²) in [5, 5.41) is 2.53. The molecule has 31 heavy (non-hydrogen) atoms. The molecule has 0 bridgehead atoms. The number of sulfonamides is 1. The summed E-state index contributed by atoms with van der Waals surface area (Å²) < 4.78 is 36.0. The summed E-state index contributed by atoms with van der Waals surface area (Å²) in [4.78, 5) is 21.4. The van der Waals surface area contributed by atoms with Crippen molar-refractivity contribution >= 4 is 38.9 Å². The Hall–Kier alpha value is -2.50. The molecule has 2 aromatic carbocycles. The Balaban J connectivity index is 1.71. The van der Waals surface area contributed by atoms with E-state index in [1.54, 1.807) is 12.5 Å². The van der Waals surface area contributed by atoms with Gasteiger partial charge in [-0.25, -0.2) is 18.2 Å². The molecule has 8 nitrogen and oxygen atoms in total.